The molecule has 0 aromatic heterocycles. The standard InChI is InChI=1S/C20H26N4O3/c1-14(25)15-3-7-17(8-4-15)23-11-9-22(10-12-23)13-24-18(26)20(2,16-5-6-16)21-19(24)27/h3-4,7-8,16H,5-6,9-13H2,1-2H3,(H,21,27)/t20-/m1/s1. The van der Waals surface area contributed by atoms with Crippen molar-refractivity contribution in [2.75, 3.05) is 37.7 Å². The normalized spacial score (nSPS) is 26.4. The van der Waals surface area contributed by atoms with E-state index in [9.17, 15) is 14.4 Å². The number of amides is 3. The Morgan fingerprint density at radius 3 is 2.30 bits per heavy atom. The molecule has 144 valence electrons. The monoisotopic (exact) mass is 370 g/mol. The van der Waals surface area contributed by atoms with Gasteiger partial charge in [-0.05, 0) is 56.9 Å². The number of hydrogen-bond acceptors (Lipinski definition) is 5. The number of carbonyl (C=O) groups excluding carboxylic acids is 3. The van der Waals surface area contributed by atoms with Crippen LogP contribution in [0, 0.1) is 5.92 Å². The number of nitrogens with one attached hydrogen (secondary N) is 1. The fourth-order valence-electron chi connectivity index (χ4n) is 4.04. The highest BCUT2D eigenvalue weighted by Gasteiger charge is 2.56. The van der Waals surface area contributed by atoms with E-state index >= 15 is 0 Å². The average Bonchev–Trinajstić information content (AvgIpc) is 3.48. The third-order valence-electron chi connectivity index (χ3n) is 6.05. The number of benzene rings is 1. The number of rotatable bonds is 5. The maximum absolute atomic E-state index is 12.7. The lowest BCUT2D eigenvalue weighted by atomic mass is 9.96. The highest BCUT2D eigenvalue weighted by atomic mass is 16.2. The molecule has 3 fully saturated rings. The Labute approximate surface area is 159 Å². The van der Waals surface area contributed by atoms with Crippen LogP contribution in [-0.4, -0.2) is 65.9 Å². The zero-order valence-corrected chi connectivity index (χ0v) is 15.9. The lowest BCUT2D eigenvalue weighted by Crippen LogP contribution is -2.52. The summed E-state index contributed by atoms with van der Waals surface area (Å²) in [5, 5.41) is 2.90. The molecule has 27 heavy (non-hydrogen) atoms. The van der Waals surface area contributed by atoms with Crippen molar-refractivity contribution in [3.8, 4) is 0 Å². The molecule has 2 aliphatic heterocycles. The summed E-state index contributed by atoms with van der Waals surface area (Å²) < 4.78 is 0. The summed E-state index contributed by atoms with van der Waals surface area (Å²) in [6.45, 7) is 6.98. The maximum Gasteiger partial charge on any atom is 0.326 e. The SMILES string of the molecule is CC(=O)c1ccc(N2CCN(CN3C(=O)N[C@](C)(C4CC4)C3=O)CC2)cc1. The number of nitrogens with zero attached hydrogens (tertiary/aromatic N) is 3. The predicted octanol–water partition coefficient (Wildman–Crippen LogP) is 1.69. The van der Waals surface area contributed by atoms with Crippen LogP contribution in [-0.2, 0) is 4.79 Å². The highest BCUT2D eigenvalue weighted by molar-refractivity contribution is 6.07. The molecule has 1 atom stereocenters. The van der Waals surface area contributed by atoms with Crippen LogP contribution in [0.15, 0.2) is 24.3 Å². The number of piperazine rings is 1. The van der Waals surface area contributed by atoms with Gasteiger partial charge in [-0.15, -0.1) is 0 Å². The zero-order valence-electron chi connectivity index (χ0n) is 15.9. The quantitative estimate of drug-likeness (QED) is 0.631. The fraction of sp³-hybridized carbons (Fsp3) is 0.550. The first-order chi connectivity index (χ1) is 12.9. The van der Waals surface area contributed by atoms with Crippen molar-refractivity contribution >= 4 is 23.4 Å². The molecule has 1 N–H and O–H groups in total. The molecule has 1 saturated carbocycles. The minimum Gasteiger partial charge on any atom is -0.369 e. The summed E-state index contributed by atoms with van der Waals surface area (Å²) >= 11 is 0. The van der Waals surface area contributed by atoms with E-state index < -0.39 is 5.54 Å². The minimum atomic E-state index is -0.711. The van der Waals surface area contributed by atoms with Crippen LogP contribution in [0.1, 0.15) is 37.0 Å². The molecular weight excluding hydrogens is 344 g/mol. The summed E-state index contributed by atoms with van der Waals surface area (Å²) in [5.41, 5.74) is 1.10. The van der Waals surface area contributed by atoms with Crippen molar-refractivity contribution in [3.05, 3.63) is 29.8 Å². The van der Waals surface area contributed by atoms with Gasteiger partial charge in [0, 0.05) is 37.4 Å². The molecule has 2 saturated heterocycles. The molecule has 0 unspecified atom stereocenters. The molecule has 1 aromatic rings. The predicted molar refractivity (Wildman–Crippen MR) is 102 cm³/mol. The van der Waals surface area contributed by atoms with Crippen molar-refractivity contribution in [1.29, 1.82) is 0 Å². The Bertz CT molecular complexity index is 766. The van der Waals surface area contributed by atoms with Gasteiger partial charge >= 0.3 is 6.03 Å². The van der Waals surface area contributed by atoms with Gasteiger partial charge in [0.1, 0.15) is 5.54 Å². The molecule has 3 aliphatic rings. The number of ketones is 1. The van der Waals surface area contributed by atoms with Crippen LogP contribution in [0.4, 0.5) is 10.5 Å². The van der Waals surface area contributed by atoms with E-state index in [1.54, 1.807) is 6.92 Å². The topological polar surface area (TPSA) is 73.0 Å². The van der Waals surface area contributed by atoms with Gasteiger partial charge in [-0.3, -0.25) is 14.5 Å². The largest absolute Gasteiger partial charge is 0.369 e. The van der Waals surface area contributed by atoms with Gasteiger partial charge in [0.15, 0.2) is 5.78 Å². The van der Waals surface area contributed by atoms with Crippen molar-refractivity contribution < 1.29 is 14.4 Å². The number of urea groups is 1. The Morgan fingerprint density at radius 2 is 1.74 bits per heavy atom. The van der Waals surface area contributed by atoms with Crippen LogP contribution in [0.25, 0.3) is 0 Å². The average molecular weight is 370 g/mol. The smallest absolute Gasteiger partial charge is 0.326 e. The number of imide groups is 1. The van der Waals surface area contributed by atoms with Crippen LogP contribution in [0.5, 0.6) is 0 Å². The molecule has 0 bridgehead atoms. The van der Waals surface area contributed by atoms with E-state index in [1.807, 2.05) is 31.2 Å². The van der Waals surface area contributed by atoms with Crippen molar-refractivity contribution in [3.63, 3.8) is 0 Å². The van der Waals surface area contributed by atoms with Gasteiger partial charge < -0.3 is 10.2 Å². The number of carbonyl (C=O) groups is 3. The summed E-state index contributed by atoms with van der Waals surface area (Å²) in [5.74, 6) is 0.268. The van der Waals surface area contributed by atoms with Crippen molar-refractivity contribution in [2.24, 2.45) is 5.92 Å². The molecule has 0 spiro atoms. The molecule has 1 aromatic carbocycles. The molecular formula is C20H26N4O3. The van der Waals surface area contributed by atoms with Gasteiger partial charge in [0.25, 0.3) is 5.91 Å². The van der Waals surface area contributed by atoms with E-state index in [-0.39, 0.29) is 23.6 Å². The van der Waals surface area contributed by atoms with Crippen LogP contribution in [0.3, 0.4) is 0 Å². The molecule has 4 rings (SSSR count). The van der Waals surface area contributed by atoms with Gasteiger partial charge in [0.2, 0.25) is 0 Å². The zero-order chi connectivity index (χ0) is 19.2. The second-order valence-electron chi connectivity index (χ2n) is 7.99. The lowest BCUT2D eigenvalue weighted by molar-refractivity contribution is -0.133. The first kappa shape index (κ1) is 18.0. The second-order valence-corrected chi connectivity index (χ2v) is 7.99. The van der Waals surface area contributed by atoms with E-state index in [2.05, 4.69) is 15.1 Å². The molecule has 2 heterocycles. The maximum atomic E-state index is 12.7. The van der Waals surface area contributed by atoms with Gasteiger partial charge in [-0.25, -0.2) is 9.69 Å². The fourth-order valence-corrected chi connectivity index (χ4v) is 4.04. The highest BCUT2D eigenvalue weighted by Crippen LogP contribution is 2.42. The minimum absolute atomic E-state index is 0.0677. The Morgan fingerprint density at radius 1 is 1.11 bits per heavy atom. The van der Waals surface area contributed by atoms with E-state index in [1.165, 1.54) is 4.90 Å². The van der Waals surface area contributed by atoms with Gasteiger partial charge in [-0.1, -0.05) is 0 Å². The molecule has 0 radical (unpaired) electrons. The third kappa shape index (κ3) is 3.32. The Balaban J connectivity index is 1.34. The first-order valence-corrected chi connectivity index (χ1v) is 9.61. The molecule has 1 aliphatic carbocycles. The third-order valence-corrected chi connectivity index (χ3v) is 6.05. The summed E-state index contributed by atoms with van der Waals surface area (Å²) in [6, 6.07) is 7.40. The summed E-state index contributed by atoms with van der Waals surface area (Å²) in [7, 11) is 0. The van der Waals surface area contributed by atoms with E-state index in [0.717, 1.165) is 50.3 Å². The van der Waals surface area contributed by atoms with Gasteiger partial charge in [-0.2, -0.15) is 0 Å². The number of Topliss-reactive ketones (excluding diaryl/α,β-unsaturated/α-hetero) is 1. The van der Waals surface area contributed by atoms with Crippen LogP contribution < -0.4 is 10.2 Å². The second kappa shape index (κ2) is 6.64. The summed E-state index contributed by atoms with van der Waals surface area (Å²) in [6.07, 6.45) is 2.02. The molecule has 3 amide bonds. The van der Waals surface area contributed by atoms with Crippen LogP contribution in [0.2, 0.25) is 0 Å². The summed E-state index contributed by atoms with van der Waals surface area (Å²) in [4.78, 5) is 42.2. The molecule has 7 heteroatoms. The number of anilines is 1. The van der Waals surface area contributed by atoms with Gasteiger partial charge in [0.05, 0.1) is 6.67 Å². The number of hydrogen-bond donors (Lipinski definition) is 1. The van der Waals surface area contributed by atoms with E-state index in [0.29, 0.717) is 6.67 Å². The van der Waals surface area contributed by atoms with Crippen LogP contribution >= 0.6 is 0 Å². The lowest BCUT2D eigenvalue weighted by Gasteiger charge is -2.37. The first-order valence-electron chi connectivity index (χ1n) is 9.61. The van der Waals surface area contributed by atoms with E-state index in [4.69, 9.17) is 0 Å². The van der Waals surface area contributed by atoms with Crippen molar-refractivity contribution in [2.45, 2.75) is 32.2 Å². The Hall–Kier alpha value is -2.41. The Kier molecular flexibility index (Phi) is 4.42. The van der Waals surface area contributed by atoms with Crippen molar-refractivity contribution in [1.82, 2.24) is 15.1 Å². The molecule has 7 nitrogen and oxygen atoms in total.